The van der Waals surface area contributed by atoms with E-state index in [9.17, 15) is 9.59 Å². The lowest BCUT2D eigenvalue weighted by atomic mass is 9.85. The summed E-state index contributed by atoms with van der Waals surface area (Å²) < 4.78 is 20.0. The van der Waals surface area contributed by atoms with Crippen molar-refractivity contribution in [2.75, 3.05) is 0 Å². The first kappa shape index (κ1) is 35.5. The number of rotatable bonds is 8. The summed E-state index contributed by atoms with van der Waals surface area (Å²) in [6.07, 6.45) is 3.94. The lowest BCUT2D eigenvalue weighted by molar-refractivity contribution is -0.0228. The number of hydrogen-bond acceptors (Lipinski definition) is 5. The number of benzene rings is 6. The third-order valence-electron chi connectivity index (χ3n) is 11.0. The van der Waals surface area contributed by atoms with E-state index >= 15 is 0 Å². The topological polar surface area (TPSA) is 61.8 Å². The van der Waals surface area contributed by atoms with Gasteiger partial charge >= 0.3 is 11.9 Å². The molecule has 3 atom stereocenters. The lowest BCUT2D eigenvalue weighted by Gasteiger charge is -2.45. The van der Waals surface area contributed by atoms with Crippen LogP contribution in [0.3, 0.4) is 0 Å². The van der Waals surface area contributed by atoms with Crippen molar-refractivity contribution in [2.45, 2.75) is 63.9 Å². The molecule has 5 nitrogen and oxygen atoms in total. The normalized spacial score (nSPS) is 17.8. The second kappa shape index (κ2) is 14.3. The van der Waals surface area contributed by atoms with Gasteiger partial charge in [-0.1, -0.05) is 142 Å². The molecule has 0 saturated heterocycles. The van der Waals surface area contributed by atoms with E-state index in [4.69, 9.17) is 13.9 Å². The first-order valence-corrected chi connectivity index (χ1v) is 20.6. The number of carbonyl (C=O) groups is 2. The number of hydrogen-bond donors (Lipinski definition) is 0. The molecule has 270 valence electrons. The molecule has 2 aliphatic carbocycles. The molecule has 0 bridgehead atoms. The van der Waals surface area contributed by atoms with Crippen LogP contribution in [0.15, 0.2) is 146 Å². The van der Waals surface area contributed by atoms with Crippen molar-refractivity contribution >= 4 is 47.5 Å². The highest BCUT2D eigenvalue weighted by Crippen LogP contribution is 2.48. The zero-order chi connectivity index (χ0) is 37.5. The molecule has 0 radical (unpaired) electrons. The molecule has 6 heteroatoms. The van der Waals surface area contributed by atoms with Crippen LogP contribution in [0.1, 0.15) is 87.9 Å². The molecule has 0 N–H and O–H groups in total. The summed E-state index contributed by atoms with van der Waals surface area (Å²) in [7, 11) is -2.79. The second-order valence-electron chi connectivity index (χ2n) is 15.3. The predicted molar refractivity (Wildman–Crippen MR) is 218 cm³/mol. The molecule has 0 spiro atoms. The Balaban J connectivity index is 1.20. The second-order valence-corrected chi connectivity index (χ2v) is 19.6. The Labute approximate surface area is 318 Å². The molecule has 8 rings (SSSR count). The van der Waals surface area contributed by atoms with E-state index in [1.54, 1.807) is 48.5 Å². The molecule has 0 aromatic heterocycles. The number of aryl methyl sites for hydroxylation is 2. The van der Waals surface area contributed by atoms with Gasteiger partial charge in [-0.2, -0.15) is 0 Å². The summed E-state index contributed by atoms with van der Waals surface area (Å²) in [4.78, 5) is 26.8. The summed E-state index contributed by atoms with van der Waals surface area (Å²) >= 11 is 0. The Kier molecular flexibility index (Phi) is 9.42. The Hall–Kier alpha value is -5.56. The molecule has 1 unspecified atom stereocenters. The number of esters is 2. The largest absolute Gasteiger partial charge is 0.450 e. The van der Waals surface area contributed by atoms with Gasteiger partial charge in [0.15, 0.2) is 12.2 Å². The van der Waals surface area contributed by atoms with Crippen LogP contribution in [0.4, 0.5) is 0 Å². The summed E-state index contributed by atoms with van der Waals surface area (Å²) in [5, 5.41) is 4.69. The minimum Gasteiger partial charge on any atom is -0.450 e. The maximum atomic E-state index is 13.5. The van der Waals surface area contributed by atoms with Crippen LogP contribution in [0.5, 0.6) is 0 Å². The third-order valence-corrected chi connectivity index (χ3v) is 16.1. The van der Waals surface area contributed by atoms with Crippen molar-refractivity contribution in [3.05, 3.63) is 185 Å². The Morgan fingerprint density at radius 2 is 1.20 bits per heavy atom. The zero-order valence-electron chi connectivity index (χ0n) is 31.1. The van der Waals surface area contributed by atoms with Gasteiger partial charge in [0.05, 0.1) is 17.2 Å². The van der Waals surface area contributed by atoms with E-state index in [0.717, 1.165) is 34.9 Å². The van der Waals surface area contributed by atoms with Crippen LogP contribution >= 0.6 is 0 Å². The van der Waals surface area contributed by atoms with Gasteiger partial charge in [-0.3, -0.25) is 0 Å². The maximum Gasteiger partial charge on any atom is 0.338 e. The highest BCUT2D eigenvalue weighted by Gasteiger charge is 2.52. The standard InChI is InChI=1S/C48H44O5Si/c1-32-31-41-37(27-29-42(41)53-54(48(2,3)4,35-21-13-7-14-22-35)36-23-15-8-16-24-36)38-25-26-40-39(44(32)38)28-30-43(51-46(49)33-17-9-5-10-18-33)45(40)52-47(50)34-19-11-6-12-20-34/h5-26,28,30-31,42-43,45H,27,29H2,1-4H3/t42?,43-,45-/m1/s1. The first-order chi connectivity index (χ1) is 26.2. The minimum atomic E-state index is -2.79. The fraction of sp³-hybridized carbons (Fsp3) is 0.208. The van der Waals surface area contributed by atoms with Crippen LogP contribution in [0.2, 0.25) is 5.04 Å². The molecule has 2 aliphatic rings. The van der Waals surface area contributed by atoms with Gasteiger partial charge < -0.3 is 13.9 Å². The van der Waals surface area contributed by atoms with Crippen LogP contribution < -0.4 is 10.4 Å². The van der Waals surface area contributed by atoms with E-state index in [0.29, 0.717) is 11.1 Å². The third kappa shape index (κ3) is 6.29. The molecule has 0 aliphatic heterocycles. The van der Waals surface area contributed by atoms with Gasteiger partial charge in [-0.25, -0.2) is 9.59 Å². The van der Waals surface area contributed by atoms with E-state index in [2.05, 4.69) is 100 Å². The summed E-state index contributed by atoms with van der Waals surface area (Å²) in [5.74, 6) is -0.951. The summed E-state index contributed by atoms with van der Waals surface area (Å²) in [5.41, 5.74) is 6.31. The zero-order valence-corrected chi connectivity index (χ0v) is 32.1. The molecule has 0 fully saturated rings. The molecule has 6 aromatic rings. The van der Waals surface area contributed by atoms with Gasteiger partial charge in [-0.05, 0) is 98.5 Å². The van der Waals surface area contributed by atoms with Crippen LogP contribution in [0, 0.1) is 6.92 Å². The lowest BCUT2D eigenvalue weighted by Crippen LogP contribution is -2.66. The van der Waals surface area contributed by atoms with Gasteiger partial charge in [-0.15, -0.1) is 0 Å². The minimum absolute atomic E-state index is 0.0673. The fourth-order valence-corrected chi connectivity index (χ4v) is 13.2. The Bertz CT molecular complexity index is 2310. The molecule has 54 heavy (non-hydrogen) atoms. The van der Waals surface area contributed by atoms with Crippen LogP contribution in [-0.2, 0) is 20.3 Å². The average molecular weight is 729 g/mol. The predicted octanol–water partition coefficient (Wildman–Crippen LogP) is 9.86. The highest BCUT2D eigenvalue weighted by atomic mass is 28.4. The monoisotopic (exact) mass is 728 g/mol. The summed E-state index contributed by atoms with van der Waals surface area (Å²) in [6.45, 7) is 9.13. The van der Waals surface area contributed by atoms with Gasteiger partial charge in [0.1, 0.15) is 0 Å². The first-order valence-electron chi connectivity index (χ1n) is 18.7. The van der Waals surface area contributed by atoms with Crippen LogP contribution in [0.25, 0.3) is 16.8 Å². The highest BCUT2D eigenvalue weighted by molar-refractivity contribution is 6.99. The Morgan fingerprint density at radius 3 is 1.76 bits per heavy atom. The van der Waals surface area contributed by atoms with Crippen molar-refractivity contribution in [1.82, 2.24) is 0 Å². The SMILES string of the molecule is Cc1cc2c(c3ccc4c(c13)C=C[C@@H](OC(=O)c1ccccc1)[C@@H]4OC(=O)c1ccccc1)CCC2O[Si](c1ccccc1)(c1ccccc1)C(C)(C)C. The van der Waals surface area contributed by atoms with Crippen molar-refractivity contribution < 1.29 is 23.5 Å². The quantitative estimate of drug-likeness (QED) is 0.115. The smallest absolute Gasteiger partial charge is 0.338 e. The number of carbonyl (C=O) groups excluding carboxylic acids is 2. The van der Waals surface area contributed by atoms with Gasteiger partial charge in [0, 0.05) is 5.56 Å². The number of fused-ring (bicyclic) bond motifs is 5. The fourth-order valence-electron chi connectivity index (χ4n) is 8.54. The number of ether oxygens (including phenoxy) is 2. The Morgan fingerprint density at radius 1 is 0.667 bits per heavy atom. The molecule has 6 aromatic carbocycles. The van der Waals surface area contributed by atoms with E-state index in [1.165, 1.54) is 26.9 Å². The van der Waals surface area contributed by atoms with Crippen LogP contribution in [-0.4, -0.2) is 26.4 Å². The summed E-state index contributed by atoms with van der Waals surface area (Å²) in [6, 6.07) is 46.0. The molecule has 0 heterocycles. The molecular weight excluding hydrogens is 685 g/mol. The van der Waals surface area contributed by atoms with E-state index < -0.39 is 32.5 Å². The van der Waals surface area contributed by atoms with Gasteiger partial charge in [0.2, 0.25) is 0 Å². The van der Waals surface area contributed by atoms with Crippen molar-refractivity contribution in [1.29, 1.82) is 0 Å². The molecule has 0 saturated carbocycles. The van der Waals surface area contributed by atoms with Crippen molar-refractivity contribution in [3.63, 3.8) is 0 Å². The maximum absolute atomic E-state index is 13.5. The van der Waals surface area contributed by atoms with E-state index in [1.807, 2.05) is 30.4 Å². The van der Waals surface area contributed by atoms with Crippen molar-refractivity contribution in [3.8, 4) is 0 Å². The molecule has 0 amide bonds. The molecular formula is C48H44O5Si. The van der Waals surface area contributed by atoms with Gasteiger partial charge in [0.25, 0.3) is 8.32 Å². The van der Waals surface area contributed by atoms with Crippen molar-refractivity contribution in [2.24, 2.45) is 0 Å². The van der Waals surface area contributed by atoms with E-state index in [-0.39, 0.29) is 11.1 Å². The average Bonchev–Trinajstić information content (AvgIpc) is 3.60.